The number of ether oxygens (including phenoxy) is 2. The Balaban J connectivity index is 2.40. The highest BCUT2D eigenvalue weighted by atomic mass is 35.5. The fourth-order valence-corrected chi connectivity index (χ4v) is 1.44. The predicted octanol–water partition coefficient (Wildman–Crippen LogP) is 2.83. The van der Waals surface area contributed by atoms with Crippen molar-refractivity contribution in [2.45, 2.75) is 6.42 Å². The summed E-state index contributed by atoms with van der Waals surface area (Å²) in [6.45, 7) is -0.195. The highest BCUT2D eigenvalue weighted by molar-refractivity contribution is 6.35. The molecule has 1 aromatic rings. The van der Waals surface area contributed by atoms with Crippen LogP contribution in [0.15, 0.2) is 18.2 Å². The number of nitriles is 1. The Morgan fingerprint density at radius 3 is 2.82 bits per heavy atom. The van der Waals surface area contributed by atoms with E-state index in [0.717, 1.165) is 0 Å². The number of carbonyl (C=O) groups excluding carboxylic acids is 1. The number of hydrogen-bond acceptors (Lipinski definition) is 4. The monoisotopic (exact) mass is 273 g/mol. The van der Waals surface area contributed by atoms with Gasteiger partial charge < -0.3 is 9.47 Å². The minimum Gasteiger partial charge on any atom is -0.480 e. The van der Waals surface area contributed by atoms with Gasteiger partial charge in [-0.1, -0.05) is 23.2 Å². The number of rotatable bonds is 5. The Morgan fingerprint density at radius 1 is 1.41 bits per heavy atom. The molecule has 0 radical (unpaired) electrons. The maximum atomic E-state index is 11.1. The van der Waals surface area contributed by atoms with Gasteiger partial charge in [-0.2, -0.15) is 5.26 Å². The maximum Gasteiger partial charge on any atom is 0.344 e. The second kappa shape index (κ2) is 7.00. The Labute approximate surface area is 109 Å². The van der Waals surface area contributed by atoms with E-state index in [4.69, 9.17) is 37.9 Å². The molecule has 0 atom stereocenters. The largest absolute Gasteiger partial charge is 0.480 e. The molecule has 0 bridgehead atoms. The normalized spacial score (nSPS) is 9.47. The van der Waals surface area contributed by atoms with Gasteiger partial charge in [-0.15, -0.1) is 0 Å². The van der Waals surface area contributed by atoms with Crippen LogP contribution in [0.5, 0.6) is 5.75 Å². The third-order valence-electron chi connectivity index (χ3n) is 1.72. The van der Waals surface area contributed by atoms with Gasteiger partial charge in [0.25, 0.3) is 0 Å². The van der Waals surface area contributed by atoms with Gasteiger partial charge in [-0.25, -0.2) is 4.79 Å². The summed E-state index contributed by atoms with van der Waals surface area (Å²) in [5.41, 5.74) is 0. The standard InChI is InChI=1S/C11H9Cl2NO3/c12-8-2-3-10(9(13)6-8)17-7-11(15)16-5-1-4-14/h2-3,6H,1,5,7H2. The van der Waals surface area contributed by atoms with Gasteiger partial charge >= 0.3 is 5.97 Å². The first-order valence-corrected chi connectivity index (χ1v) is 5.49. The molecule has 0 saturated carbocycles. The lowest BCUT2D eigenvalue weighted by atomic mass is 10.3. The SMILES string of the molecule is N#CCCOC(=O)COc1ccc(Cl)cc1Cl. The van der Waals surface area contributed by atoms with Gasteiger partial charge in [-0.05, 0) is 18.2 Å². The van der Waals surface area contributed by atoms with Crippen LogP contribution in [0.1, 0.15) is 6.42 Å². The summed E-state index contributed by atoms with van der Waals surface area (Å²) < 4.78 is 9.85. The zero-order chi connectivity index (χ0) is 12.7. The van der Waals surface area contributed by atoms with Crippen LogP contribution in [0.4, 0.5) is 0 Å². The molecule has 0 N–H and O–H groups in total. The number of esters is 1. The molecular weight excluding hydrogens is 265 g/mol. The molecule has 0 aromatic heterocycles. The number of nitrogens with zero attached hydrogens (tertiary/aromatic N) is 1. The first kappa shape index (κ1) is 13.6. The van der Waals surface area contributed by atoms with Crippen LogP contribution in [0, 0.1) is 11.3 Å². The third kappa shape index (κ3) is 4.94. The highest BCUT2D eigenvalue weighted by Crippen LogP contribution is 2.27. The fraction of sp³-hybridized carbons (Fsp3) is 0.273. The lowest BCUT2D eigenvalue weighted by Gasteiger charge is -2.07. The van der Waals surface area contributed by atoms with Crippen molar-refractivity contribution in [3.05, 3.63) is 28.2 Å². The molecule has 1 aromatic carbocycles. The third-order valence-corrected chi connectivity index (χ3v) is 2.25. The minimum absolute atomic E-state index is 0.0625. The summed E-state index contributed by atoms with van der Waals surface area (Å²) >= 11 is 11.5. The predicted molar refractivity (Wildman–Crippen MR) is 63.1 cm³/mol. The quantitative estimate of drug-likeness (QED) is 0.612. The second-order valence-electron chi connectivity index (χ2n) is 2.99. The summed E-state index contributed by atoms with van der Waals surface area (Å²) in [6.07, 6.45) is 0.160. The van der Waals surface area contributed by atoms with Gasteiger partial charge in [-0.3, -0.25) is 0 Å². The molecule has 0 amide bonds. The van der Waals surface area contributed by atoms with Gasteiger partial charge in [0.1, 0.15) is 12.4 Å². The first-order chi connectivity index (χ1) is 8.13. The Morgan fingerprint density at radius 2 is 2.18 bits per heavy atom. The molecule has 0 saturated heterocycles. The van der Waals surface area contributed by atoms with Crippen LogP contribution in [-0.2, 0) is 9.53 Å². The van der Waals surface area contributed by atoms with Crippen LogP contribution >= 0.6 is 23.2 Å². The van der Waals surface area contributed by atoms with Crippen molar-refractivity contribution < 1.29 is 14.3 Å². The van der Waals surface area contributed by atoms with Crippen LogP contribution in [0.2, 0.25) is 10.0 Å². The number of hydrogen-bond donors (Lipinski definition) is 0. The van der Waals surface area contributed by atoms with E-state index in [9.17, 15) is 4.79 Å². The maximum absolute atomic E-state index is 11.1. The van der Waals surface area contributed by atoms with Crippen LogP contribution < -0.4 is 4.74 Å². The molecule has 0 aliphatic rings. The van der Waals surface area contributed by atoms with Gasteiger partial charge in [0.05, 0.1) is 17.5 Å². The van der Waals surface area contributed by atoms with Crippen molar-refractivity contribution in [1.82, 2.24) is 0 Å². The molecule has 0 unspecified atom stereocenters. The van der Waals surface area contributed by atoms with Crippen molar-refractivity contribution in [1.29, 1.82) is 5.26 Å². The molecule has 0 heterocycles. The molecule has 0 spiro atoms. The van der Waals surface area contributed by atoms with Crippen LogP contribution in [-0.4, -0.2) is 19.2 Å². The molecule has 0 aliphatic carbocycles. The summed E-state index contributed by atoms with van der Waals surface area (Å²) in [6, 6.07) is 6.54. The second-order valence-corrected chi connectivity index (χ2v) is 3.84. The molecule has 0 fully saturated rings. The van der Waals surface area contributed by atoms with E-state index in [1.54, 1.807) is 12.1 Å². The van der Waals surface area contributed by atoms with E-state index in [0.29, 0.717) is 15.8 Å². The van der Waals surface area contributed by atoms with E-state index in [1.165, 1.54) is 6.07 Å². The smallest absolute Gasteiger partial charge is 0.344 e. The first-order valence-electron chi connectivity index (χ1n) is 4.74. The molecule has 0 aliphatic heterocycles. The van der Waals surface area contributed by atoms with Gasteiger partial charge in [0.2, 0.25) is 0 Å². The average Bonchev–Trinajstić information content (AvgIpc) is 2.28. The molecule has 90 valence electrons. The molecule has 1 rings (SSSR count). The Kier molecular flexibility index (Phi) is 5.61. The van der Waals surface area contributed by atoms with E-state index in [1.807, 2.05) is 6.07 Å². The van der Waals surface area contributed by atoms with Crippen molar-refractivity contribution in [2.75, 3.05) is 13.2 Å². The number of benzene rings is 1. The minimum atomic E-state index is -0.550. The zero-order valence-corrected chi connectivity index (χ0v) is 10.3. The highest BCUT2D eigenvalue weighted by Gasteiger charge is 2.07. The molecule has 17 heavy (non-hydrogen) atoms. The number of carbonyl (C=O) groups is 1. The van der Waals surface area contributed by atoms with Crippen molar-refractivity contribution in [2.24, 2.45) is 0 Å². The summed E-state index contributed by atoms with van der Waals surface area (Å²) in [4.78, 5) is 11.1. The lowest BCUT2D eigenvalue weighted by Crippen LogP contribution is -2.15. The van der Waals surface area contributed by atoms with E-state index in [-0.39, 0.29) is 19.6 Å². The van der Waals surface area contributed by atoms with Crippen LogP contribution in [0.3, 0.4) is 0 Å². The molecular formula is C11H9Cl2NO3. The molecule has 4 nitrogen and oxygen atoms in total. The summed E-state index contributed by atoms with van der Waals surface area (Å²) in [7, 11) is 0. The van der Waals surface area contributed by atoms with E-state index >= 15 is 0 Å². The Hall–Kier alpha value is -1.44. The lowest BCUT2D eigenvalue weighted by molar-refractivity contribution is -0.145. The fourth-order valence-electron chi connectivity index (χ4n) is 0.981. The summed E-state index contributed by atoms with van der Waals surface area (Å²) in [5, 5.41) is 9.05. The van der Waals surface area contributed by atoms with Gasteiger partial charge in [0, 0.05) is 5.02 Å². The Bertz CT molecular complexity index is 443. The topological polar surface area (TPSA) is 59.3 Å². The van der Waals surface area contributed by atoms with E-state index in [2.05, 4.69) is 0 Å². The van der Waals surface area contributed by atoms with Crippen molar-refractivity contribution >= 4 is 29.2 Å². The number of halogens is 2. The average molecular weight is 274 g/mol. The zero-order valence-electron chi connectivity index (χ0n) is 8.78. The molecule has 6 heteroatoms. The van der Waals surface area contributed by atoms with Crippen molar-refractivity contribution in [3.63, 3.8) is 0 Å². The summed E-state index contributed by atoms with van der Waals surface area (Å²) in [5.74, 6) is -0.195. The van der Waals surface area contributed by atoms with E-state index < -0.39 is 5.97 Å². The van der Waals surface area contributed by atoms with Crippen LogP contribution in [0.25, 0.3) is 0 Å². The van der Waals surface area contributed by atoms with Crippen molar-refractivity contribution in [3.8, 4) is 11.8 Å². The van der Waals surface area contributed by atoms with Gasteiger partial charge in [0.15, 0.2) is 6.61 Å².